The number of ether oxygens (including phenoxy) is 1. The van der Waals surface area contributed by atoms with Gasteiger partial charge in [0.25, 0.3) is 0 Å². The van der Waals surface area contributed by atoms with Crippen LogP contribution in [0.15, 0.2) is 46.1 Å². The average molecular weight is 370 g/mol. The standard InChI is InChI=1S/C19H22N4O2S/c1-2-17-21-22-18(25-17)13-26-19-20-11-16(14-7-4-3-5-8-14)23(19)12-15-9-6-10-24-15/h3-5,7-8,11,15H,2,6,9-10,12-13H2,1H3. The molecule has 2 aromatic heterocycles. The molecule has 26 heavy (non-hydrogen) atoms. The molecule has 0 saturated carbocycles. The molecule has 0 aliphatic carbocycles. The van der Waals surface area contributed by atoms with Gasteiger partial charge in [0.05, 0.1) is 30.3 Å². The summed E-state index contributed by atoms with van der Waals surface area (Å²) in [6, 6.07) is 10.4. The quantitative estimate of drug-likeness (QED) is 0.586. The topological polar surface area (TPSA) is 66.0 Å². The van der Waals surface area contributed by atoms with E-state index in [2.05, 4.69) is 44.0 Å². The van der Waals surface area contributed by atoms with E-state index in [9.17, 15) is 0 Å². The summed E-state index contributed by atoms with van der Waals surface area (Å²) in [5, 5.41) is 9.08. The van der Waals surface area contributed by atoms with Crippen molar-refractivity contribution in [2.24, 2.45) is 0 Å². The summed E-state index contributed by atoms with van der Waals surface area (Å²) >= 11 is 1.62. The van der Waals surface area contributed by atoms with Gasteiger partial charge >= 0.3 is 0 Å². The first-order chi connectivity index (χ1) is 12.8. The number of aromatic nitrogens is 4. The molecule has 0 radical (unpaired) electrons. The molecule has 0 amide bonds. The number of nitrogens with zero attached hydrogens (tertiary/aromatic N) is 4. The lowest BCUT2D eigenvalue weighted by Gasteiger charge is -2.15. The Kier molecular flexibility index (Phi) is 5.36. The highest BCUT2D eigenvalue weighted by Crippen LogP contribution is 2.29. The van der Waals surface area contributed by atoms with Crippen LogP contribution >= 0.6 is 11.8 Å². The number of imidazole rings is 1. The fourth-order valence-corrected chi connectivity index (χ4v) is 3.92. The molecule has 1 fully saturated rings. The Balaban J connectivity index is 1.57. The number of hydrogen-bond donors (Lipinski definition) is 0. The molecule has 0 bridgehead atoms. The van der Waals surface area contributed by atoms with Crippen LogP contribution in [0.2, 0.25) is 0 Å². The number of thioether (sulfide) groups is 1. The molecule has 1 aliphatic rings. The Morgan fingerprint density at radius 2 is 2.04 bits per heavy atom. The number of rotatable bonds is 7. The second kappa shape index (κ2) is 8.05. The van der Waals surface area contributed by atoms with Crippen LogP contribution in [-0.4, -0.2) is 32.5 Å². The third-order valence-corrected chi connectivity index (χ3v) is 5.41. The van der Waals surface area contributed by atoms with Crippen LogP contribution in [-0.2, 0) is 23.5 Å². The van der Waals surface area contributed by atoms with Crippen LogP contribution in [0.25, 0.3) is 11.3 Å². The molecular weight excluding hydrogens is 348 g/mol. The lowest BCUT2D eigenvalue weighted by molar-refractivity contribution is 0.0954. The van der Waals surface area contributed by atoms with E-state index in [0.29, 0.717) is 17.5 Å². The summed E-state index contributed by atoms with van der Waals surface area (Å²) in [5.41, 5.74) is 2.28. The Morgan fingerprint density at radius 1 is 1.19 bits per heavy atom. The van der Waals surface area contributed by atoms with Gasteiger partial charge in [-0.15, -0.1) is 10.2 Å². The van der Waals surface area contributed by atoms with Crippen LogP contribution in [0.4, 0.5) is 0 Å². The van der Waals surface area contributed by atoms with E-state index < -0.39 is 0 Å². The van der Waals surface area contributed by atoms with Crippen molar-refractivity contribution in [3.63, 3.8) is 0 Å². The van der Waals surface area contributed by atoms with E-state index in [1.54, 1.807) is 11.8 Å². The van der Waals surface area contributed by atoms with Gasteiger partial charge in [-0.05, 0) is 18.4 Å². The summed E-state index contributed by atoms with van der Waals surface area (Å²) in [4.78, 5) is 4.66. The summed E-state index contributed by atoms with van der Waals surface area (Å²) < 4.78 is 13.7. The SMILES string of the molecule is CCc1nnc(CSc2ncc(-c3ccccc3)n2CC2CCCO2)o1. The third-order valence-electron chi connectivity index (χ3n) is 4.43. The van der Waals surface area contributed by atoms with Crippen molar-refractivity contribution in [2.45, 2.75) is 49.7 Å². The van der Waals surface area contributed by atoms with Crippen molar-refractivity contribution in [2.75, 3.05) is 6.61 Å². The molecule has 136 valence electrons. The highest BCUT2D eigenvalue weighted by Gasteiger charge is 2.21. The second-order valence-corrected chi connectivity index (χ2v) is 7.21. The average Bonchev–Trinajstić information content (AvgIpc) is 3.42. The van der Waals surface area contributed by atoms with Gasteiger partial charge in [0.15, 0.2) is 5.16 Å². The first-order valence-electron chi connectivity index (χ1n) is 9.00. The van der Waals surface area contributed by atoms with Gasteiger partial charge < -0.3 is 13.7 Å². The van der Waals surface area contributed by atoms with E-state index in [-0.39, 0.29) is 6.10 Å². The predicted molar refractivity (Wildman–Crippen MR) is 99.9 cm³/mol. The molecule has 1 atom stereocenters. The highest BCUT2D eigenvalue weighted by atomic mass is 32.2. The van der Waals surface area contributed by atoms with Gasteiger partial charge in [-0.25, -0.2) is 4.98 Å². The van der Waals surface area contributed by atoms with E-state index in [0.717, 1.165) is 48.8 Å². The van der Waals surface area contributed by atoms with E-state index >= 15 is 0 Å². The maximum absolute atomic E-state index is 5.85. The first-order valence-corrected chi connectivity index (χ1v) is 9.98. The van der Waals surface area contributed by atoms with Gasteiger partial charge in [0.1, 0.15) is 0 Å². The number of aryl methyl sites for hydroxylation is 1. The van der Waals surface area contributed by atoms with Crippen LogP contribution in [0, 0.1) is 0 Å². The Bertz CT molecular complexity index is 840. The Morgan fingerprint density at radius 3 is 2.77 bits per heavy atom. The lowest BCUT2D eigenvalue weighted by atomic mass is 10.1. The zero-order chi connectivity index (χ0) is 17.8. The van der Waals surface area contributed by atoms with Gasteiger partial charge in [-0.1, -0.05) is 49.0 Å². The maximum atomic E-state index is 5.85. The first kappa shape index (κ1) is 17.3. The van der Waals surface area contributed by atoms with E-state index in [1.807, 2.05) is 19.2 Å². The third kappa shape index (κ3) is 3.83. The van der Waals surface area contributed by atoms with Crippen LogP contribution in [0.3, 0.4) is 0 Å². The van der Waals surface area contributed by atoms with E-state index in [4.69, 9.17) is 9.15 Å². The zero-order valence-corrected chi connectivity index (χ0v) is 15.6. The van der Waals surface area contributed by atoms with Gasteiger partial charge in [0.2, 0.25) is 11.8 Å². The fraction of sp³-hybridized carbons (Fsp3) is 0.421. The van der Waals surface area contributed by atoms with Crippen LogP contribution in [0.5, 0.6) is 0 Å². The molecule has 7 heteroatoms. The molecule has 1 unspecified atom stereocenters. The van der Waals surface area contributed by atoms with Crippen molar-refractivity contribution in [1.82, 2.24) is 19.7 Å². The molecule has 1 saturated heterocycles. The van der Waals surface area contributed by atoms with Gasteiger partial charge in [-0.3, -0.25) is 0 Å². The largest absolute Gasteiger partial charge is 0.424 e. The maximum Gasteiger partial charge on any atom is 0.226 e. The van der Waals surface area contributed by atoms with Crippen molar-refractivity contribution in [3.8, 4) is 11.3 Å². The zero-order valence-electron chi connectivity index (χ0n) is 14.8. The van der Waals surface area contributed by atoms with Crippen molar-refractivity contribution < 1.29 is 9.15 Å². The molecule has 1 aliphatic heterocycles. The highest BCUT2D eigenvalue weighted by molar-refractivity contribution is 7.98. The molecular formula is C19H22N4O2S. The molecule has 3 aromatic rings. The molecule has 4 rings (SSSR count). The number of benzene rings is 1. The Hall–Kier alpha value is -2.12. The lowest BCUT2D eigenvalue weighted by Crippen LogP contribution is -2.16. The van der Waals surface area contributed by atoms with Crippen LogP contribution in [0.1, 0.15) is 31.5 Å². The molecule has 6 nitrogen and oxygen atoms in total. The molecule has 3 heterocycles. The smallest absolute Gasteiger partial charge is 0.226 e. The summed E-state index contributed by atoms with van der Waals surface area (Å²) in [5.74, 6) is 1.93. The number of hydrogen-bond acceptors (Lipinski definition) is 6. The molecule has 1 aromatic carbocycles. The molecule has 0 N–H and O–H groups in total. The van der Waals surface area contributed by atoms with Gasteiger partial charge in [0, 0.05) is 13.0 Å². The minimum Gasteiger partial charge on any atom is -0.424 e. The fourth-order valence-electron chi connectivity index (χ4n) is 3.10. The second-order valence-electron chi connectivity index (χ2n) is 6.27. The van der Waals surface area contributed by atoms with Crippen LogP contribution < -0.4 is 0 Å². The summed E-state index contributed by atoms with van der Waals surface area (Å²) in [6.07, 6.45) is 5.17. The molecule has 0 spiro atoms. The monoisotopic (exact) mass is 370 g/mol. The van der Waals surface area contributed by atoms with Crippen molar-refractivity contribution >= 4 is 11.8 Å². The normalized spacial score (nSPS) is 17.0. The minimum absolute atomic E-state index is 0.251. The predicted octanol–water partition coefficient (Wildman–Crippen LogP) is 3.97. The van der Waals surface area contributed by atoms with E-state index in [1.165, 1.54) is 0 Å². The Labute approximate surface area is 157 Å². The van der Waals surface area contributed by atoms with Crippen molar-refractivity contribution in [1.29, 1.82) is 0 Å². The van der Waals surface area contributed by atoms with Gasteiger partial charge in [-0.2, -0.15) is 0 Å². The minimum atomic E-state index is 0.251. The summed E-state index contributed by atoms with van der Waals surface area (Å²) in [7, 11) is 0. The summed E-state index contributed by atoms with van der Waals surface area (Å²) in [6.45, 7) is 3.67. The van der Waals surface area contributed by atoms with Crippen molar-refractivity contribution in [3.05, 3.63) is 48.3 Å².